The summed E-state index contributed by atoms with van der Waals surface area (Å²) in [4.78, 5) is 25.9. The molecule has 8 nitrogen and oxygen atoms in total. The van der Waals surface area contributed by atoms with Crippen LogP contribution in [0.1, 0.15) is 24.5 Å². The molecular formula is C25H22F2N2O6. The first-order valence-electron chi connectivity index (χ1n) is 10.5. The van der Waals surface area contributed by atoms with Crippen molar-refractivity contribution >= 4 is 18.0 Å². The van der Waals surface area contributed by atoms with Gasteiger partial charge in [0.2, 0.25) is 0 Å². The van der Waals surface area contributed by atoms with Gasteiger partial charge in [0.25, 0.3) is 11.8 Å². The van der Waals surface area contributed by atoms with Crippen molar-refractivity contribution < 1.29 is 38.1 Å². The quantitative estimate of drug-likeness (QED) is 0.355. The number of pyridine rings is 1. The van der Waals surface area contributed by atoms with Gasteiger partial charge in [-0.1, -0.05) is 25.1 Å². The number of carboxylic acid groups (broad SMARTS) is 2. The van der Waals surface area contributed by atoms with Crippen molar-refractivity contribution in [1.29, 1.82) is 0 Å². The molecule has 0 spiro atoms. The topological polar surface area (TPSA) is 132 Å². The summed E-state index contributed by atoms with van der Waals surface area (Å²) in [5, 5.41) is 18.1. The zero-order valence-corrected chi connectivity index (χ0v) is 18.6. The van der Waals surface area contributed by atoms with Gasteiger partial charge in [-0.2, -0.15) is 4.98 Å². The van der Waals surface area contributed by atoms with E-state index in [1.165, 1.54) is 19.1 Å². The number of nitrogens with zero attached hydrogens (tertiary/aromatic N) is 1. The summed E-state index contributed by atoms with van der Waals surface area (Å²) in [7, 11) is 0. The predicted octanol–water partition coefficient (Wildman–Crippen LogP) is 4.62. The average molecular weight is 484 g/mol. The number of benzene rings is 2. The summed E-state index contributed by atoms with van der Waals surface area (Å²) < 4.78 is 39.3. The van der Waals surface area contributed by atoms with Gasteiger partial charge in [0.05, 0.1) is 0 Å². The van der Waals surface area contributed by atoms with Crippen LogP contribution >= 0.6 is 0 Å². The number of hydrogen-bond acceptors (Lipinski definition) is 6. The lowest BCUT2D eigenvalue weighted by Gasteiger charge is -2.15. The van der Waals surface area contributed by atoms with Gasteiger partial charge in [0.15, 0.2) is 17.7 Å². The highest BCUT2D eigenvalue weighted by Crippen LogP contribution is 2.32. The van der Waals surface area contributed by atoms with Crippen molar-refractivity contribution in [3.8, 4) is 28.6 Å². The molecule has 0 radical (unpaired) electrons. The number of halogens is 2. The Kier molecular flexibility index (Phi) is 8.11. The molecule has 3 aromatic rings. The molecule has 3 rings (SSSR count). The normalized spacial score (nSPS) is 11.9. The van der Waals surface area contributed by atoms with Crippen molar-refractivity contribution in [2.75, 3.05) is 0 Å². The number of aliphatic carboxylic acids is 2. The third kappa shape index (κ3) is 6.61. The SMILES string of the molecule is CC[C@@H](Oc1nc(Oc2cc(/C=C/C(=O)O)cc(-c3cccc(CN)c3)c2)c(F)cc1F)C(=O)O. The highest BCUT2D eigenvalue weighted by molar-refractivity contribution is 5.86. The Morgan fingerprint density at radius 1 is 1.06 bits per heavy atom. The van der Waals surface area contributed by atoms with Gasteiger partial charge in [-0.25, -0.2) is 18.4 Å². The Morgan fingerprint density at radius 2 is 1.80 bits per heavy atom. The summed E-state index contributed by atoms with van der Waals surface area (Å²) in [6, 6.07) is 12.5. The smallest absolute Gasteiger partial charge is 0.344 e. The molecule has 0 saturated heterocycles. The van der Waals surface area contributed by atoms with Gasteiger partial charge < -0.3 is 25.4 Å². The van der Waals surface area contributed by atoms with E-state index < -0.39 is 41.4 Å². The fraction of sp³-hybridized carbons (Fsp3) is 0.160. The van der Waals surface area contributed by atoms with Crippen LogP contribution in [0.15, 0.2) is 54.6 Å². The molecule has 1 aromatic heterocycles. The molecule has 182 valence electrons. The van der Waals surface area contributed by atoms with Crippen molar-refractivity contribution in [2.45, 2.75) is 26.0 Å². The molecular weight excluding hydrogens is 462 g/mol. The molecule has 0 saturated carbocycles. The summed E-state index contributed by atoms with van der Waals surface area (Å²) in [6.45, 7) is 1.83. The van der Waals surface area contributed by atoms with Gasteiger partial charge in [-0.15, -0.1) is 0 Å². The van der Waals surface area contributed by atoms with Crippen LogP contribution in [-0.4, -0.2) is 33.2 Å². The van der Waals surface area contributed by atoms with Crippen LogP contribution in [0.5, 0.6) is 17.5 Å². The van der Waals surface area contributed by atoms with Gasteiger partial charge in [0, 0.05) is 18.7 Å². The van der Waals surface area contributed by atoms with Crippen LogP contribution in [0.3, 0.4) is 0 Å². The fourth-order valence-corrected chi connectivity index (χ4v) is 3.13. The second-order valence-electron chi connectivity index (χ2n) is 7.38. The number of ether oxygens (including phenoxy) is 2. The van der Waals surface area contributed by atoms with Crippen molar-refractivity contribution in [3.05, 3.63) is 77.4 Å². The third-order valence-electron chi connectivity index (χ3n) is 4.82. The number of carboxylic acids is 2. The van der Waals surface area contributed by atoms with Crippen LogP contribution in [0.4, 0.5) is 8.78 Å². The zero-order valence-electron chi connectivity index (χ0n) is 18.6. The van der Waals surface area contributed by atoms with E-state index >= 15 is 0 Å². The molecule has 35 heavy (non-hydrogen) atoms. The highest BCUT2D eigenvalue weighted by atomic mass is 19.1. The zero-order chi connectivity index (χ0) is 25.5. The highest BCUT2D eigenvalue weighted by Gasteiger charge is 2.22. The maximum Gasteiger partial charge on any atom is 0.344 e. The molecule has 0 fully saturated rings. The van der Waals surface area contributed by atoms with E-state index in [0.29, 0.717) is 23.7 Å². The Bertz CT molecular complexity index is 1280. The molecule has 0 aliphatic heterocycles. The van der Waals surface area contributed by atoms with E-state index in [2.05, 4.69) is 4.98 Å². The molecule has 10 heteroatoms. The largest absolute Gasteiger partial charge is 0.479 e. The van der Waals surface area contributed by atoms with Crippen molar-refractivity contribution in [2.24, 2.45) is 5.73 Å². The first kappa shape index (κ1) is 25.3. The summed E-state index contributed by atoms with van der Waals surface area (Å²) in [5.41, 5.74) is 8.35. The van der Waals surface area contributed by atoms with Gasteiger partial charge in [0.1, 0.15) is 5.75 Å². The first-order valence-corrected chi connectivity index (χ1v) is 10.5. The van der Waals surface area contributed by atoms with E-state index in [9.17, 15) is 18.4 Å². The lowest BCUT2D eigenvalue weighted by molar-refractivity contribution is -0.145. The fourth-order valence-electron chi connectivity index (χ4n) is 3.13. The van der Waals surface area contributed by atoms with E-state index in [-0.39, 0.29) is 12.2 Å². The van der Waals surface area contributed by atoms with Crippen molar-refractivity contribution in [3.63, 3.8) is 0 Å². The lowest BCUT2D eigenvalue weighted by Crippen LogP contribution is -2.26. The molecule has 1 heterocycles. The predicted molar refractivity (Wildman–Crippen MR) is 123 cm³/mol. The minimum Gasteiger partial charge on any atom is -0.479 e. The van der Waals surface area contributed by atoms with Crippen LogP contribution in [0.25, 0.3) is 17.2 Å². The third-order valence-corrected chi connectivity index (χ3v) is 4.82. The average Bonchev–Trinajstić information content (AvgIpc) is 2.83. The Labute approximate surface area is 199 Å². The molecule has 0 aliphatic carbocycles. The summed E-state index contributed by atoms with van der Waals surface area (Å²) in [5.74, 6) is -6.14. The van der Waals surface area contributed by atoms with Crippen LogP contribution < -0.4 is 15.2 Å². The van der Waals surface area contributed by atoms with Crippen LogP contribution in [0.2, 0.25) is 0 Å². The van der Waals surface area contributed by atoms with Crippen LogP contribution in [0, 0.1) is 11.6 Å². The summed E-state index contributed by atoms with van der Waals surface area (Å²) >= 11 is 0. The number of hydrogen-bond donors (Lipinski definition) is 3. The van der Waals surface area contributed by atoms with Gasteiger partial charge in [-0.3, -0.25) is 0 Å². The van der Waals surface area contributed by atoms with E-state index in [1.54, 1.807) is 18.2 Å². The van der Waals surface area contributed by atoms with Gasteiger partial charge >= 0.3 is 11.9 Å². The number of carbonyl (C=O) groups is 2. The Hall–Kier alpha value is -4.31. The number of nitrogens with two attached hydrogens (primary N) is 1. The van der Waals surface area contributed by atoms with E-state index in [1.807, 2.05) is 18.2 Å². The minimum atomic E-state index is -1.39. The Morgan fingerprint density at radius 3 is 2.46 bits per heavy atom. The first-order chi connectivity index (χ1) is 16.7. The monoisotopic (exact) mass is 484 g/mol. The molecule has 0 bridgehead atoms. The second-order valence-corrected chi connectivity index (χ2v) is 7.38. The number of rotatable bonds is 10. The molecule has 0 aliphatic rings. The standard InChI is InChI=1S/C25H22F2N2O6/c1-2-21(25(32)33)35-24-20(27)12-19(26)23(29-24)34-18-10-14(6-7-22(30)31)8-17(11-18)16-5-3-4-15(9-16)13-28/h3-12,21H,2,13,28H2,1H3,(H,30,31)(H,32,33)/b7-6+/t21-/m1/s1. The molecule has 0 unspecified atom stereocenters. The van der Waals surface area contributed by atoms with Crippen LogP contribution in [-0.2, 0) is 16.1 Å². The molecule has 0 amide bonds. The van der Waals surface area contributed by atoms with Crippen molar-refractivity contribution in [1.82, 2.24) is 4.98 Å². The van der Waals surface area contributed by atoms with E-state index in [4.69, 9.17) is 25.4 Å². The lowest BCUT2D eigenvalue weighted by atomic mass is 10.0. The van der Waals surface area contributed by atoms with Gasteiger partial charge in [-0.05, 0) is 59.0 Å². The molecule has 2 aromatic carbocycles. The molecule has 4 N–H and O–H groups in total. The van der Waals surface area contributed by atoms with E-state index in [0.717, 1.165) is 17.2 Å². The maximum absolute atomic E-state index is 14.5. The minimum absolute atomic E-state index is 0.0210. The molecule has 1 atom stereocenters. The summed E-state index contributed by atoms with van der Waals surface area (Å²) in [6.07, 6.45) is 0.889. The maximum atomic E-state index is 14.5. The second kappa shape index (κ2) is 11.2. The number of aromatic nitrogens is 1. The Balaban J connectivity index is 2.04.